The van der Waals surface area contributed by atoms with Crippen molar-refractivity contribution in [3.63, 3.8) is 0 Å². The van der Waals surface area contributed by atoms with Crippen molar-refractivity contribution in [3.05, 3.63) is 0 Å². The predicted octanol–water partition coefficient (Wildman–Crippen LogP) is -0.659. The molecular weight excluding hydrogens is 186 g/mol. The van der Waals surface area contributed by atoms with E-state index in [1.807, 2.05) is 6.92 Å². The first-order chi connectivity index (χ1) is 6.20. The van der Waals surface area contributed by atoms with Crippen LogP contribution in [0.5, 0.6) is 0 Å². The molecule has 1 N–H and O–H groups in total. The van der Waals surface area contributed by atoms with Gasteiger partial charge in [-0.1, -0.05) is 6.92 Å². The van der Waals surface area contributed by atoms with E-state index < -0.39 is 5.91 Å². The molecule has 0 spiro atoms. The predicted molar refractivity (Wildman–Crippen MR) is 56.0 cm³/mol. The Bertz CT molecular complexity index is 127. The second-order valence-corrected chi connectivity index (χ2v) is 3.56. The Balaban J connectivity index is 4.50. The van der Waals surface area contributed by atoms with E-state index in [0.717, 1.165) is 22.8 Å². The van der Waals surface area contributed by atoms with E-state index in [-0.39, 0.29) is 6.10 Å². The largest absolute Gasteiger partial charge is 0.375 e. The van der Waals surface area contributed by atoms with Crippen LogP contribution in [0.2, 0.25) is 6.04 Å². The molecule has 4 nitrogen and oxygen atoms in total. The zero-order valence-electron chi connectivity index (χ0n) is 9.22. The van der Waals surface area contributed by atoms with E-state index in [0.29, 0.717) is 0 Å². The van der Waals surface area contributed by atoms with Crippen LogP contribution >= 0.6 is 0 Å². The van der Waals surface area contributed by atoms with Crippen molar-refractivity contribution in [1.29, 1.82) is 0 Å². The summed E-state index contributed by atoms with van der Waals surface area (Å²) < 4.78 is 16.0. The second kappa shape index (κ2) is 6.50. The van der Waals surface area contributed by atoms with E-state index in [9.17, 15) is 0 Å². The minimum absolute atomic E-state index is 0.0471. The van der Waals surface area contributed by atoms with Crippen LogP contribution < -0.4 is 5.32 Å². The summed E-state index contributed by atoms with van der Waals surface area (Å²) in [6.45, 7) is 2.79. The second-order valence-electron chi connectivity index (χ2n) is 2.74. The normalized spacial score (nSPS) is 14.8. The Morgan fingerprint density at radius 2 is 1.85 bits per heavy atom. The Labute approximate surface area is 83.4 Å². The Kier molecular flexibility index (Phi) is 6.53. The third-order valence-corrected chi connectivity index (χ3v) is 2.85. The van der Waals surface area contributed by atoms with E-state index in [4.69, 9.17) is 14.2 Å². The van der Waals surface area contributed by atoms with Crippen LogP contribution in [-0.2, 0) is 14.2 Å². The molecule has 0 rings (SSSR count). The molecule has 0 aromatic carbocycles. The van der Waals surface area contributed by atoms with E-state index >= 15 is 0 Å². The number of ether oxygens (including phenoxy) is 3. The van der Waals surface area contributed by atoms with Gasteiger partial charge in [-0.2, -0.15) is 0 Å². The molecule has 0 amide bonds. The fourth-order valence-electron chi connectivity index (χ4n) is 1.44. The van der Waals surface area contributed by atoms with Gasteiger partial charge in [-0.15, -0.1) is 0 Å². The highest BCUT2D eigenvalue weighted by atomic mass is 28.1. The summed E-state index contributed by atoms with van der Waals surface area (Å²) in [5.41, 5.74) is 0. The molecule has 0 radical (unpaired) electrons. The van der Waals surface area contributed by atoms with Crippen LogP contribution in [0, 0.1) is 0 Å². The number of rotatable bonds is 7. The summed E-state index contributed by atoms with van der Waals surface area (Å²) in [6.07, 6.45) is -0.0471. The van der Waals surface area contributed by atoms with Crippen molar-refractivity contribution >= 4 is 10.2 Å². The molecule has 0 bridgehead atoms. The maximum absolute atomic E-state index is 5.34. The van der Waals surface area contributed by atoms with Gasteiger partial charge in [0.1, 0.15) is 6.10 Å². The minimum Gasteiger partial charge on any atom is -0.375 e. The number of likely N-dealkylation sites (N-methyl/N-ethyl adjacent to an activating group) is 1. The Hall–Kier alpha value is 0.0569. The summed E-state index contributed by atoms with van der Waals surface area (Å²) >= 11 is 0. The van der Waals surface area contributed by atoms with Gasteiger partial charge in [0.15, 0.2) is 0 Å². The minimum atomic E-state index is -0.786. The summed E-state index contributed by atoms with van der Waals surface area (Å²) in [5.74, 6) is -0.786. The highest BCUT2D eigenvalue weighted by Crippen LogP contribution is 2.17. The molecule has 13 heavy (non-hydrogen) atoms. The van der Waals surface area contributed by atoms with Gasteiger partial charge in [0.2, 0.25) is 0 Å². The smallest absolute Gasteiger partial charge is 0.254 e. The van der Waals surface area contributed by atoms with Crippen molar-refractivity contribution in [1.82, 2.24) is 5.32 Å². The van der Waals surface area contributed by atoms with Gasteiger partial charge in [0, 0.05) is 31.6 Å². The monoisotopic (exact) mass is 207 g/mol. The highest BCUT2D eigenvalue weighted by molar-refractivity contribution is 6.08. The molecule has 0 aromatic heterocycles. The average Bonchev–Trinajstić information content (AvgIpc) is 2.18. The first-order valence-electron chi connectivity index (χ1n) is 4.58. The van der Waals surface area contributed by atoms with Crippen molar-refractivity contribution in [3.8, 4) is 0 Å². The molecule has 0 aliphatic heterocycles. The standard InChI is InChI=1S/C8H21NO3Si/c1-5-9-8(11-3,12-4)7(6-13)10-2/h7,9H,5-6H2,1-4,13H3. The molecule has 1 atom stereocenters. The van der Waals surface area contributed by atoms with Gasteiger partial charge in [-0.3, -0.25) is 5.32 Å². The molecule has 0 heterocycles. The summed E-state index contributed by atoms with van der Waals surface area (Å²) in [4.78, 5) is 0. The van der Waals surface area contributed by atoms with Gasteiger partial charge in [0.05, 0.1) is 0 Å². The van der Waals surface area contributed by atoms with Gasteiger partial charge in [-0.05, 0) is 12.6 Å². The van der Waals surface area contributed by atoms with Gasteiger partial charge in [0.25, 0.3) is 5.91 Å². The molecule has 0 aromatic rings. The van der Waals surface area contributed by atoms with Crippen LogP contribution in [0.3, 0.4) is 0 Å². The molecule has 0 saturated carbocycles. The summed E-state index contributed by atoms with van der Waals surface area (Å²) in [7, 11) is 5.97. The molecule has 80 valence electrons. The quantitative estimate of drug-likeness (QED) is 0.444. The molecular formula is C8H21NO3Si. The summed E-state index contributed by atoms with van der Waals surface area (Å²) in [6, 6.07) is 0.963. The number of hydrogen-bond acceptors (Lipinski definition) is 4. The van der Waals surface area contributed by atoms with E-state index in [1.165, 1.54) is 0 Å². The van der Waals surface area contributed by atoms with Crippen molar-refractivity contribution in [2.75, 3.05) is 27.9 Å². The lowest BCUT2D eigenvalue weighted by Crippen LogP contribution is -2.58. The summed E-state index contributed by atoms with van der Waals surface area (Å²) in [5, 5.41) is 3.15. The number of hydrogen-bond donors (Lipinski definition) is 1. The fraction of sp³-hybridized carbons (Fsp3) is 1.00. The van der Waals surface area contributed by atoms with Crippen LogP contribution in [0.1, 0.15) is 6.92 Å². The lowest BCUT2D eigenvalue weighted by atomic mass is 10.3. The van der Waals surface area contributed by atoms with Gasteiger partial charge < -0.3 is 14.2 Å². The fourth-order valence-corrected chi connectivity index (χ4v) is 2.31. The molecule has 0 aliphatic carbocycles. The van der Waals surface area contributed by atoms with Crippen molar-refractivity contribution in [2.24, 2.45) is 0 Å². The number of nitrogens with one attached hydrogen (secondary N) is 1. The van der Waals surface area contributed by atoms with Gasteiger partial charge >= 0.3 is 0 Å². The lowest BCUT2D eigenvalue weighted by molar-refractivity contribution is -0.277. The van der Waals surface area contributed by atoms with Crippen LogP contribution in [0.15, 0.2) is 0 Å². The van der Waals surface area contributed by atoms with Crippen molar-refractivity contribution in [2.45, 2.75) is 25.0 Å². The zero-order valence-corrected chi connectivity index (χ0v) is 11.2. The molecule has 1 unspecified atom stereocenters. The average molecular weight is 207 g/mol. The first kappa shape index (κ1) is 13.1. The Morgan fingerprint density at radius 3 is 2.08 bits per heavy atom. The topological polar surface area (TPSA) is 39.7 Å². The third kappa shape index (κ3) is 3.03. The first-order valence-corrected chi connectivity index (χ1v) is 6.00. The molecule has 0 saturated heterocycles. The van der Waals surface area contributed by atoms with Crippen LogP contribution in [0.4, 0.5) is 0 Å². The number of methoxy groups -OCH3 is 3. The molecule has 0 fully saturated rings. The maximum atomic E-state index is 5.34. The Morgan fingerprint density at radius 1 is 1.31 bits per heavy atom. The zero-order chi connectivity index (χ0) is 10.3. The van der Waals surface area contributed by atoms with E-state index in [1.54, 1.807) is 21.3 Å². The highest BCUT2D eigenvalue weighted by Gasteiger charge is 2.37. The van der Waals surface area contributed by atoms with Crippen LogP contribution in [0.25, 0.3) is 0 Å². The SMILES string of the molecule is CCNC(OC)(OC)C(C[SiH3])OC. The van der Waals surface area contributed by atoms with E-state index in [2.05, 4.69) is 5.32 Å². The van der Waals surface area contributed by atoms with Gasteiger partial charge in [-0.25, -0.2) is 0 Å². The molecule has 0 aliphatic rings. The third-order valence-electron chi connectivity index (χ3n) is 2.11. The maximum Gasteiger partial charge on any atom is 0.254 e. The molecule has 5 heteroatoms. The van der Waals surface area contributed by atoms with Crippen molar-refractivity contribution < 1.29 is 14.2 Å². The van der Waals surface area contributed by atoms with Crippen LogP contribution in [-0.4, -0.2) is 50.1 Å². The lowest BCUT2D eigenvalue weighted by Gasteiger charge is -2.37.